The van der Waals surface area contributed by atoms with E-state index in [0.717, 1.165) is 17.7 Å². The summed E-state index contributed by atoms with van der Waals surface area (Å²) in [5, 5.41) is 7.03. The number of benzene rings is 1. The number of likely N-dealkylation sites (N-methyl/N-ethyl adjacent to an activating group) is 1. The summed E-state index contributed by atoms with van der Waals surface area (Å²) >= 11 is 0. The molecule has 0 fully saturated rings. The van der Waals surface area contributed by atoms with Crippen molar-refractivity contribution in [1.29, 1.82) is 0 Å². The Bertz CT molecular complexity index is 808. The van der Waals surface area contributed by atoms with Crippen molar-refractivity contribution in [2.45, 2.75) is 12.5 Å². The third-order valence-corrected chi connectivity index (χ3v) is 4.31. The Balaban J connectivity index is 1.46. The number of amides is 2. The van der Waals surface area contributed by atoms with Gasteiger partial charge >= 0.3 is 6.03 Å². The topological polar surface area (TPSA) is 73.3 Å². The number of rotatable bonds is 7. The van der Waals surface area contributed by atoms with Crippen LogP contribution in [-0.2, 0) is 6.42 Å². The summed E-state index contributed by atoms with van der Waals surface area (Å²) in [5.41, 5.74) is 2.33. The van der Waals surface area contributed by atoms with Crippen LogP contribution in [0.15, 0.2) is 53.3 Å². The molecule has 0 aliphatic heterocycles. The van der Waals surface area contributed by atoms with Crippen molar-refractivity contribution < 1.29 is 9.21 Å². The van der Waals surface area contributed by atoms with Crippen LogP contribution >= 0.6 is 0 Å². The number of hydrogen-bond acceptors (Lipinski definition) is 3. The maximum atomic E-state index is 12.1. The number of urea groups is 1. The van der Waals surface area contributed by atoms with Crippen LogP contribution in [0.3, 0.4) is 0 Å². The van der Waals surface area contributed by atoms with E-state index in [-0.39, 0.29) is 12.1 Å². The fourth-order valence-corrected chi connectivity index (χ4v) is 2.92. The molecule has 25 heavy (non-hydrogen) atoms. The number of H-pyrrole nitrogens is 1. The summed E-state index contributed by atoms with van der Waals surface area (Å²) in [5.74, 6) is 0.837. The number of hydrogen-bond donors (Lipinski definition) is 3. The lowest BCUT2D eigenvalue weighted by molar-refractivity contribution is 0.225. The Kier molecular flexibility index (Phi) is 5.40. The number of furan rings is 1. The fourth-order valence-electron chi connectivity index (χ4n) is 2.92. The zero-order valence-electron chi connectivity index (χ0n) is 14.6. The van der Waals surface area contributed by atoms with E-state index in [1.165, 1.54) is 10.9 Å². The van der Waals surface area contributed by atoms with Crippen LogP contribution in [0.4, 0.5) is 4.79 Å². The Hall–Kier alpha value is -2.73. The molecule has 132 valence electrons. The van der Waals surface area contributed by atoms with E-state index in [9.17, 15) is 4.79 Å². The Morgan fingerprint density at radius 3 is 2.80 bits per heavy atom. The second kappa shape index (κ2) is 7.90. The van der Waals surface area contributed by atoms with Crippen molar-refractivity contribution in [1.82, 2.24) is 20.5 Å². The van der Waals surface area contributed by atoms with Crippen LogP contribution in [0.1, 0.15) is 17.4 Å². The SMILES string of the molecule is CN(C)C(CNC(=O)NCCc1c[nH]c2ccccc12)c1ccco1. The summed E-state index contributed by atoms with van der Waals surface area (Å²) in [7, 11) is 3.92. The van der Waals surface area contributed by atoms with Gasteiger partial charge in [0.05, 0.1) is 12.3 Å². The molecule has 0 saturated heterocycles. The lowest BCUT2D eigenvalue weighted by Crippen LogP contribution is -2.41. The molecule has 0 radical (unpaired) electrons. The quantitative estimate of drug-likeness (QED) is 0.619. The van der Waals surface area contributed by atoms with E-state index in [0.29, 0.717) is 13.1 Å². The van der Waals surface area contributed by atoms with Gasteiger partial charge in [-0.15, -0.1) is 0 Å². The fraction of sp³-hybridized carbons (Fsp3) is 0.316. The molecule has 2 amide bonds. The van der Waals surface area contributed by atoms with Gasteiger partial charge < -0.3 is 20.0 Å². The molecule has 3 rings (SSSR count). The Labute approximate surface area is 147 Å². The normalized spacial score (nSPS) is 12.4. The molecule has 1 aromatic carbocycles. The molecule has 0 spiro atoms. The predicted molar refractivity (Wildman–Crippen MR) is 98.5 cm³/mol. The average Bonchev–Trinajstić information content (AvgIpc) is 3.25. The van der Waals surface area contributed by atoms with Crippen molar-refractivity contribution in [2.24, 2.45) is 0 Å². The zero-order valence-corrected chi connectivity index (χ0v) is 14.6. The standard InChI is InChI=1S/C19H24N4O2/c1-23(2)17(18-8-5-11-25-18)13-22-19(24)20-10-9-14-12-21-16-7-4-3-6-15(14)16/h3-8,11-12,17,21H,9-10,13H2,1-2H3,(H2,20,22,24). The highest BCUT2D eigenvalue weighted by atomic mass is 16.3. The lowest BCUT2D eigenvalue weighted by atomic mass is 10.1. The van der Waals surface area contributed by atoms with Gasteiger partial charge in [0.15, 0.2) is 0 Å². The monoisotopic (exact) mass is 340 g/mol. The van der Waals surface area contributed by atoms with Crippen LogP contribution in [0.2, 0.25) is 0 Å². The van der Waals surface area contributed by atoms with Crippen LogP contribution in [0, 0.1) is 0 Å². The summed E-state index contributed by atoms with van der Waals surface area (Å²) in [4.78, 5) is 17.3. The number of para-hydroxylation sites is 1. The molecule has 1 unspecified atom stereocenters. The van der Waals surface area contributed by atoms with E-state index < -0.39 is 0 Å². The zero-order chi connectivity index (χ0) is 17.6. The minimum absolute atomic E-state index is 0.00867. The number of aromatic nitrogens is 1. The molecule has 0 saturated carbocycles. The lowest BCUT2D eigenvalue weighted by Gasteiger charge is -2.22. The van der Waals surface area contributed by atoms with Gasteiger partial charge in [-0.1, -0.05) is 18.2 Å². The first-order chi connectivity index (χ1) is 12.1. The summed E-state index contributed by atoms with van der Waals surface area (Å²) in [6, 6.07) is 11.8. The molecule has 1 atom stereocenters. The van der Waals surface area contributed by atoms with Crippen LogP contribution < -0.4 is 10.6 Å². The molecule has 6 nitrogen and oxygen atoms in total. The largest absolute Gasteiger partial charge is 0.468 e. The van der Waals surface area contributed by atoms with Crippen molar-refractivity contribution in [3.8, 4) is 0 Å². The molecule has 0 aliphatic carbocycles. The number of nitrogens with zero attached hydrogens (tertiary/aromatic N) is 1. The summed E-state index contributed by atoms with van der Waals surface area (Å²) in [6.45, 7) is 1.07. The molecule has 2 heterocycles. The third-order valence-electron chi connectivity index (χ3n) is 4.31. The summed E-state index contributed by atoms with van der Waals surface area (Å²) in [6.07, 6.45) is 4.43. The first kappa shape index (κ1) is 17.1. The van der Waals surface area contributed by atoms with Crippen LogP contribution in [0.5, 0.6) is 0 Å². The maximum Gasteiger partial charge on any atom is 0.314 e. The summed E-state index contributed by atoms with van der Waals surface area (Å²) < 4.78 is 5.44. The van der Waals surface area contributed by atoms with Gasteiger partial charge in [-0.05, 0) is 44.3 Å². The smallest absolute Gasteiger partial charge is 0.314 e. The number of carbonyl (C=O) groups is 1. The van der Waals surface area contributed by atoms with E-state index >= 15 is 0 Å². The third kappa shape index (κ3) is 4.22. The van der Waals surface area contributed by atoms with E-state index in [1.54, 1.807) is 6.26 Å². The Morgan fingerprint density at radius 1 is 1.20 bits per heavy atom. The highest BCUT2D eigenvalue weighted by Gasteiger charge is 2.17. The number of aromatic amines is 1. The number of fused-ring (bicyclic) bond motifs is 1. The molecule has 3 aromatic rings. The van der Waals surface area contributed by atoms with Gasteiger partial charge in [0, 0.05) is 30.2 Å². The molecule has 3 N–H and O–H groups in total. The maximum absolute atomic E-state index is 12.1. The highest BCUT2D eigenvalue weighted by molar-refractivity contribution is 5.83. The van der Waals surface area contributed by atoms with Crippen molar-refractivity contribution >= 4 is 16.9 Å². The first-order valence-electron chi connectivity index (χ1n) is 8.41. The highest BCUT2D eigenvalue weighted by Crippen LogP contribution is 2.18. The predicted octanol–water partition coefficient (Wildman–Crippen LogP) is 2.91. The Morgan fingerprint density at radius 2 is 2.04 bits per heavy atom. The van der Waals surface area contributed by atoms with Crippen molar-refractivity contribution in [3.05, 3.63) is 60.2 Å². The van der Waals surface area contributed by atoms with Gasteiger partial charge in [-0.25, -0.2) is 4.79 Å². The van der Waals surface area contributed by atoms with Gasteiger partial charge in [0.2, 0.25) is 0 Å². The molecule has 0 aliphatic rings. The van der Waals surface area contributed by atoms with E-state index in [2.05, 4.69) is 27.8 Å². The molecule has 0 bridgehead atoms. The second-order valence-corrected chi connectivity index (χ2v) is 6.24. The van der Waals surface area contributed by atoms with Crippen molar-refractivity contribution in [3.63, 3.8) is 0 Å². The second-order valence-electron chi connectivity index (χ2n) is 6.24. The minimum Gasteiger partial charge on any atom is -0.468 e. The molecular weight excluding hydrogens is 316 g/mol. The van der Waals surface area contributed by atoms with Gasteiger partial charge in [0.1, 0.15) is 5.76 Å². The van der Waals surface area contributed by atoms with E-state index in [1.807, 2.05) is 49.5 Å². The first-order valence-corrected chi connectivity index (χ1v) is 8.41. The van der Waals surface area contributed by atoms with Crippen LogP contribution in [0.25, 0.3) is 10.9 Å². The van der Waals surface area contributed by atoms with Gasteiger partial charge in [-0.3, -0.25) is 4.90 Å². The molecule has 6 heteroatoms. The minimum atomic E-state index is -0.168. The van der Waals surface area contributed by atoms with Crippen molar-refractivity contribution in [2.75, 3.05) is 27.2 Å². The van der Waals surface area contributed by atoms with Crippen LogP contribution in [-0.4, -0.2) is 43.1 Å². The van der Waals surface area contributed by atoms with Gasteiger partial charge in [-0.2, -0.15) is 0 Å². The molecule has 2 aromatic heterocycles. The number of carbonyl (C=O) groups excluding carboxylic acids is 1. The van der Waals surface area contributed by atoms with E-state index in [4.69, 9.17) is 4.42 Å². The molecular formula is C19H24N4O2. The van der Waals surface area contributed by atoms with Gasteiger partial charge in [0.25, 0.3) is 0 Å². The average molecular weight is 340 g/mol. The number of nitrogens with one attached hydrogen (secondary N) is 3.